The number of carbonyl (C=O) groups excluding carboxylic acids is 3. The van der Waals surface area contributed by atoms with E-state index in [-0.39, 0.29) is 13.0 Å². The zero-order valence-electron chi connectivity index (χ0n) is 18.0. The van der Waals surface area contributed by atoms with Crippen molar-refractivity contribution in [2.75, 3.05) is 11.9 Å². The van der Waals surface area contributed by atoms with Gasteiger partial charge in [-0.15, -0.1) is 29.1 Å². The van der Waals surface area contributed by atoms with E-state index in [1.165, 1.54) is 22.7 Å². The van der Waals surface area contributed by atoms with E-state index in [0.717, 1.165) is 11.1 Å². The first-order valence-corrected chi connectivity index (χ1v) is 12.1. The lowest BCUT2D eigenvalue weighted by atomic mass is 10.1. The third-order valence-electron chi connectivity index (χ3n) is 4.88. The number of amides is 2. The van der Waals surface area contributed by atoms with Crippen molar-refractivity contribution in [2.24, 2.45) is 0 Å². The molecule has 34 heavy (non-hydrogen) atoms. The number of thiazole rings is 2. The van der Waals surface area contributed by atoms with Gasteiger partial charge >= 0.3 is 5.97 Å². The molecule has 3 aromatic rings. The smallest absolute Gasteiger partial charge is 0.338 e. The van der Waals surface area contributed by atoms with Crippen LogP contribution in [-0.4, -0.2) is 52.6 Å². The molecule has 3 atom stereocenters. The fourth-order valence-electron chi connectivity index (χ4n) is 3.12. The summed E-state index contributed by atoms with van der Waals surface area (Å²) < 4.78 is 10.0. The number of hydrogen-bond acceptors (Lipinski definition) is 9. The van der Waals surface area contributed by atoms with Crippen molar-refractivity contribution in [3.63, 3.8) is 0 Å². The van der Waals surface area contributed by atoms with Crippen LogP contribution in [0.2, 0.25) is 0 Å². The normalized spacial score (nSPS) is 17.3. The molecule has 2 N–H and O–H groups in total. The number of aromatic nitrogens is 2. The van der Waals surface area contributed by atoms with Gasteiger partial charge in [-0.2, -0.15) is 0 Å². The molecule has 1 aliphatic rings. The third-order valence-corrected chi connectivity index (χ3v) is 6.27. The monoisotopic (exact) mass is 496 g/mol. The molecule has 1 saturated heterocycles. The number of nitrogens with one attached hydrogen (secondary N) is 2. The summed E-state index contributed by atoms with van der Waals surface area (Å²) in [7, 11) is 0. The van der Waals surface area contributed by atoms with Crippen molar-refractivity contribution in [1.29, 1.82) is 0 Å². The lowest BCUT2D eigenvalue weighted by molar-refractivity contribution is -0.144. The van der Waals surface area contributed by atoms with Gasteiger partial charge in [0, 0.05) is 28.3 Å². The van der Waals surface area contributed by atoms with Gasteiger partial charge in [0.2, 0.25) is 5.91 Å². The van der Waals surface area contributed by atoms with Gasteiger partial charge in [-0.05, 0) is 19.1 Å². The number of terminal acetylenes is 1. The van der Waals surface area contributed by atoms with Crippen molar-refractivity contribution < 1.29 is 23.9 Å². The minimum absolute atomic E-state index is 0.170. The molecule has 0 bridgehead atoms. The lowest BCUT2D eigenvalue weighted by Crippen LogP contribution is -2.47. The van der Waals surface area contributed by atoms with E-state index < -0.39 is 36.0 Å². The molecule has 0 aliphatic carbocycles. The predicted octanol–water partition coefficient (Wildman–Crippen LogP) is 2.24. The molecule has 11 heteroatoms. The van der Waals surface area contributed by atoms with E-state index in [1.807, 2.05) is 29.6 Å². The molecular formula is C23H20N4O5S2. The van der Waals surface area contributed by atoms with Crippen LogP contribution in [0.15, 0.2) is 40.5 Å². The van der Waals surface area contributed by atoms with Crippen LogP contribution < -0.4 is 10.6 Å². The summed E-state index contributed by atoms with van der Waals surface area (Å²) in [6.07, 6.45) is 3.62. The zero-order valence-corrected chi connectivity index (χ0v) is 19.7. The molecule has 0 spiro atoms. The molecule has 0 radical (unpaired) electrons. The number of epoxide rings is 1. The standard InChI is InChI=1S/C23H20N4O5S2/c1-3-13-5-7-14(8-6-13)17-11-34-23(26-17)27-20(28)16(9-15-10-33-12-24-15)25-21(29)18-19(32-18)22(30)31-4-2/h1,5-8,10-12,16,18-19H,4,9H2,2H3,(H,25,29)(H,26,27,28)/t16-,18-,19-/m0/s1. The van der Waals surface area contributed by atoms with E-state index in [9.17, 15) is 14.4 Å². The summed E-state index contributed by atoms with van der Waals surface area (Å²) in [5, 5.41) is 9.40. The minimum Gasteiger partial charge on any atom is -0.464 e. The van der Waals surface area contributed by atoms with Crippen molar-refractivity contribution in [1.82, 2.24) is 15.3 Å². The van der Waals surface area contributed by atoms with E-state index in [4.69, 9.17) is 15.9 Å². The maximum atomic E-state index is 13.0. The first kappa shape index (κ1) is 23.6. The van der Waals surface area contributed by atoms with E-state index in [2.05, 4.69) is 26.5 Å². The Morgan fingerprint density at radius 3 is 2.71 bits per heavy atom. The summed E-state index contributed by atoms with van der Waals surface area (Å²) >= 11 is 2.64. The number of esters is 1. The predicted molar refractivity (Wildman–Crippen MR) is 127 cm³/mol. The van der Waals surface area contributed by atoms with E-state index in [0.29, 0.717) is 16.5 Å². The fourth-order valence-corrected chi connectivity index (χ4v) is 4.41. The molecule has 0 saturated carbocycles. The molecular weight excluding hydrogens is 476 g/mol. The quantitative estimate of drug-likeness (QED) is 0.265. The van der Waals surface area contributed by atoms with Crippen LogP contribution in [0.4, 0.5) is 5.13 Å². The Labute approximate surface area is 203 Å². The Bertz CT molecular complexity index is 1220. The maximum absolute atomic E-state index is 13.0. The van der Waals surface area contributed by atoms with Crippen LogP contribution in [-0.2, 0) is 30.3 Å². The highest BCUT2D eigenvalue weighted by Gasteiger charge is 2.52. The summed E-state index contributed by atoms with van der Waals surface area (Å²) in [6.45, 7) is 1.85. The van der Waals surface area contributed by atoms with Gasteiger partial charge in [0.15, 0.2) is 17.3 Å². The molecule has 4 rings (SSSR count). The van der Waals surface area contributed by atoms with Gasteiger partial charge < -0.3 is 20.1 Å². The Morgan fingerprint density at radius 1 is 1.24 bits per heavy atom. The summed E-state index contributed by atoms with van der Waals surface area (Å²) in [6, 6.07) is 6.41. The Morgan fingerprint density at radius 2 is 2.03 bits per heavy atom. The molecule has 3 heterocycles. The number of benzene rings is 1. The lowest BCUT2D eigenvalue weighted by Gasteiger charge is -2.16. The van der Waals surface area contributed by atoms with Crippen molar-refractivity contribution >= 4 is 45.6 Å². The van der Waals surface area contributed by atoms with Crippen molar-refractivity contribution in [2.45, 2.75) is 31.6 Å². The summed E-state index contributed by atoms with van der Waals surface area (Å²) in [5.41, 5.74) is 4.60. The zero-order chi connectivity index (χ0) is 24.1. The van der Waals surface area contributed by atoms with Crippen LogP contribution in [0, 0.1) is 12.3 Å². The second-order valence-corrected chi connectivity index (χ2v) is 8.80. The molecule has 2 amide bonds. The van der Waals surface area contributed by atoms with Crippen LogP contribution >= 0.6 is 22.7 Å². The average Bonchev–Trinajstić information content (AvgIpc) is 3.23. The topological polar surface area (TPSA) is 123 Å². The molecule has 174 valence electrons. The number of nitrogens with zero attached hydrogens (tertiary/aromatic N) is 2. The SMILES string of the molecule is C#Cc1ccc(-c2csc(NC(=O)[C@H](Cc3cscn3)NC(=O)[C@H]3O[C@@H]3C(=O)OCC)n2)cc1. The molecule has 1 aromatic carbocycles. The van der Waals surface area contributed by atoms with Gasteiger partial charge in [-0.1, -0.05) is 18.1 Å². The van der Waals surface area contributed by atoms with Crippen LogP contribution in [0.5, 0.6) is 0 Å². The highest BCUT2D eigenvalue weighted by atomic mass is 32.1. The third kappa shape index (κ3) is 5.66. The van der Waals surface area contributed by atoms with Crippen LogP contribution in [0.3, 0.4) is 0 Å². The van der Waals surface area contributed by atoms with Gasteiger partial charge in [0.25, 0.3) is 5.91 Å². The minimum atomic E-state index is -0.984. The molecule has 9 nitrogen and oxygen atoms in total. The summed E-state index contributed by atoms with van der Waals surface area (Å²) in [4.78, 5) is 46.0. The highest BCUT2D eigenvalue weighted by molar-refractivity contribution is 7.14. The van der Waals surface area contributed by atoms with E-state index in [1.54, 1.807) is 17.8 Å². The van der Waals surface area contributed by atoms with Crippen molar-refractivity contribution in [3.8, 4) is 23.6 Å². The van der Waals surface area contributed by atoms with Gasteiger partial charge in [0.1, 0.15) is 6.04 Å². The number of hydrogen-bond donors (Lipinski definition) is 2. The first-order chi connectivity index (χ1) is 16.5. The Balaban J connectivity index is 1.42. The fraction of sp³-hybridized carbons (Fsp3) is 0.261. The Kier molecular flexibility index (Phi) is 7.32. The number of ether oxygens (including phenoxy) is 2. The number of rotatable bonds is 9. The van der Waals surface area contributed by atoms with Crippen molar-refractivity contribution in [3.05, 3.63) is 51.8 Å². The molecule has 0 unspecified atom stereocenters. The number of carbonyl (C=O) groups is 3. The van der Waals surface area contributed by atoms with Crippen LogP contribution in [0.1, 0.15) is 18.2 Å². The first-order valence-electron chi connectivity index (χ1n) is 10.3. The second-order valence-electron chi connectivity index (χ2n) is 7.22. The molecule has 1 aliphatic heterocycles. The maximum Gasteiger partial charge on any atom is 0.338 e. The molecule has 2 aromatic heterocycles. The van der Waals surface area contributed by atoms with Gasteiger partial charge in [-0.25, -0.2) is 14.8 Å². The summed E-state index contributed by atoms with van der Waals surface area (Å²) in [5.74, 6) is 0.931. The largest absolute Gasteiger partial charge is 0.464 e. The molecule has 1 fully saturated rings. The van der Waals surface area contributed by atoms with E-state index >= 15 is 0 Å². The van der Waals surface area contributed by atoms with Crippen LogP contribution in [0.25, 0.3) is 11.3 Å². The number of anilines is 1. The van der Waals surface area contributed by atoms with Gasteiger partial charge in [0.05, 0.1) is 23.5 Å². The van der Waals surface area contributed by atoms with Gasteiger partial charge in [-0.3, -0.25) is 9.59 Å². The Hall–Kier alpha value is -3.59. The second kappa shape index (κ2) is 10.6. The highest BCUT2D eigenvalue weighted by Crippen LogP contribution is 2.26. The average molecular weight is 497 g/mol.